The minimum Gasteiger partial charge on any atom is -0.496 e. The van der Waals surface area contributed by atoms with E-state index in [-0.39, 0.29) is 17.7 Å². The lowest BCUT2D eigenvalue weighted by Gasteiger charge is -2.31. The van der Waals surface area contributed by atoms with Gasteiger partial charge in [0.2, 0.25) is 5.91 Å². The van der Waals surface area contributed by atoms with E-state index in [1.165, 1.54) is 0 Å². The highest BCUT2D eigenvalue weighted by Crippen LogP contribution is 2.44. The van der Waals surface area contributed by atoms with Crippen molar-refractivity contribution in [1.82, 2.24) is 5.32 Å². The van der Waals surface area contributed by atoms with E-state index in [0.29, 0.717) is 46.5 Å². The maximum absolute atomic E-state index is 14.1. The van der Waals surface area contributed by atoms with Gasteiger partial charge in [-0.2, -0.15) is 0 Å². The molecule has 1 N–H and O–H groups in total. The average molecular weight is 603 g/mol. The van der Waals surface area contributed by atoms with Crippen molar-refractivity contribution in [3.63, 3.8) is 0 Å². The first-order valence-electron chi connectivity index (χ1n) is 14.1. The first kappa shape index (κ1) is 33.2. The molecule has 0 fully saturated rings. The summed E-state index contributed by atoms with van der Waals surface area (Å²) >= 11 is 6.48. The Balaban J connectivity index is 2.06. The van der Waals surface area contributed by atoms with Crippen molar-refractivity contribution in [3.8, 4) is 11.5 Å². The molecule has 3 atom stereocenters. The maximum atomic E-state index is 14.1. The molecule has 0 spiro atoms. The number of benzene rings is 2. The molecule has 0 saturated heterocycles. The monoisotopic (exact) mass is 602 g/mol. The third-order valence-electron chi connectivity index (χ3n) is 6.34. The van der Waals surface area contributed by atoms with Crippen LogP contribution in [0, 0.1) is 5.41 Å². The number of carbonyl (C=O) groups excluding carboxylic acids is 3. The molecular weight excluding hydrogens is 560 g/mol. The highest BCUT2D eigenvalue weighted by molar-refractivity contribution is 6.30. The van der Waals surface area contributed by atoms with Crippen molar-refractivity contribution in [3.05, 3.63) is 52.5 Å². The number of hydrogen-bond acceptors (Lipinski definition) is 7. The molecule has 230 valence electrons. The van der Waals surface area contributed by atoms with Gasteiger partial charge in [-0.05, 0) is 70.4 Å². The van der Waals surface area contributed by atoms with Crippen LogP contribution in [0.1, 0.15) is 79.0 Å². The largest absolute Gasteiger partial charge is 0.496 e. The summed E-state index contributed by atoms with van der Waals surface area (Å²) < 4.78 is 23.3. The summed E-state index contributed by atoms with van der Waals surface area (Å²) in [5, 5.41) is 3.13. The number of nitrogens with one attached hydrogen (secondary N) is 1. The van der Waals surface area contributed by atoms with Crippen LogP contribution in [0.15, 0.2) is 36.4 Å². The Kier molecular flexibility index (Phi) is 10.5. The Morgan fingerprint density at radius 1 is 1.07 bits per heavy atom. The van der Waals surface area contributed by atoms with Crippen LogP contribution in [0.25, 0.3) is 0 Å². The summed E-state index contributed by atoms with van der Waals surface area (Å²) in [6, 6.07) is 9.77. The Morgan fingerprint density at radius 2 is 1.76 bits per heavy atom. The Labute approximate surface area is 253 Å². The number of methoxy groups -OCH3 is 1. The second-order valence-corrected chi connectivity index (χ2v) is 13.0. The van der Waals surface area contributed by atoms with Gasteiger partial charge in [0.1, 0.15) is 35.3 Å². The number of ether oxygens (including phenoxy) is 4. The standard InChI is InChI=1S/C32H43ClN2O7/c1-10-40-21-12-13-22(25(16-21)39-9)28-23-15-20(33)11-14-24(23)35(18-31(3,4)5)29(37)26(41-28)17-27(36)34-19(2)30(38)42-32(6,7)8/h11-16,19,26,28H,10,17-18H2,1-9H3,(H,34,36)/t19-,26-,28-/m0/s1. The van der Waals surface area contributed by atoms with Gasteiger partial charge in [-0.1, -0.05) is 32.4 Å². The first-order chi connectivity index (χ1) is 19.5. The van der Waals surface area contributed by atoms with Crippen LogP contribution in [0.2, 0.25) is 5.02 Å². The third-order valence-corrected chi connectivity index (χ3v) is 6.58. The van der Waals surface area contributed by atoms with Crippen LogP contribution < -0.4 is 19.7 Å². The van der Waals surface area contributed by atoms with E-state index >= 15 is 0 Å². The van der Waals surface area contributed by atoms with Crippen molar-refractivity contribution in [2.24, 2.45) is 5.41 Å². The summed E-state index contributed by atoms with van der Waals surface area (Å²) in [5.74, 6) is -0.354. The Bertz CT molecular complexity index is 1300. The van der Waals surface area contributed by atoms with Crippen LogP contribution in [0.4, 0.5) is 5.69 Å². The average Bonchev–Trinajstić information content (AvgIpc) is 2.97. The van der Waals surface area contributed by atoms with Gasteiger partial charge in [0.25, 0.3) is 5.91 Å². The van der Waals surface area contributed by atoms with Gasteiger partial charge >= 0.3 is 5.97 Å². The van der Waals surface area contributed by atoms with Gasteiger partial charge in [-0.3, -0.25) is 9.59 Å². The van der Waals surface area contributed by atoms with Crippen molar-refractivity contribution in [2.45, 2.75) is 85.7 Å². The number of anilines is 1. The van der Waals surface area contributed by atoms with E-state index in [0.717, 1.165) is 0 Å². The normalized spacial score (nSPS) is 18.0. The number of amides is 2. The molecule has 1 aliphatic heterocycles. The summed E-state index contributed by atoms with van der Waals surface area (Å²) in [4.78, 5) is 41.5. The van der Waals surface area contributed by atoms with E-state index < -0.39 is 35.7 Å². The fourth-order valence-electron chi connectivity index (χ4n) is 4.67. The van der Waals surface area contributed by atoms with Gasteiger partial charge < -0.3 is 29.2 Å². The van der Waals surface area contributed by atoms with Gasteiger partial charge in [-0.15, -0.1) is 0 Å². The Morgan fingerprint density at radius 3 is 2.36 bits per heavy atom. The van der Waals surface area contributed by atoms with Crippen molar-refractivity contribution >= 4 is 35.1 Å². The molecule has 0 aliphatic carbocycles. The number of nitrogens with zero attached hydrogens (tertiary/aromatic N) is 1. The molecule has 9 nitrogen and oxygen atoms in total. The topological polar surface area (TPSA) is 103 Å². The zero-order chi connectivity index (χ0) is 31.4. The lowest BCUT2D eigenvalue weighted by molar-refractivity contribution is -0.158. The molecule has 1 heterocycles. The molecule has 2 aromatic carbocycles. The van der Waals surface area contributed by atoms with Crippen molar-refractivity contribution in [2.75, 3.05) is 25.2 Å². The van der Waals surface area contributed by atoms with Gasteiger partial charge in [0.15, 0.2) is 0 Å². The molecule has 0 unspecified atom stereocenters. The van der Waals surface area contributed by atoms with Gasteiger partial charge in [0.05, 0.1) is 20.1 Å². The van der Waals surface area contributed by atoms with Gasteiger partial charge in [0, 0.05) is 34.4 Å². The van der Waals surface area contributed by atoms with E-state index in [1.807, 2.05) is 33.8 Å². The number of hydrogen-bond donors (Lipinski definition) is 1. The summed E-state index contributed by atoms with van der Waals surface area (Å²) in [5.41, 5.74) is 0.947. The molecule has 0 radical (unpaired) electrons. The highest BCUT2D eigenvalue weighted by atomic mass is 35.5. The van der Waals surface area contributed by atoms with Crippen molar-refractivity contribution < 1.29 is 33.3 Å². The third kappa shape index (κ3) is 8.61. The van der Waals surface area contributed by atoms with Crippen LogP contribution in [0.3, 0.4) is 0 Å². The first-order valence-corrected chi connectivity index (χ1v) is 14.5. The number of esters is 1. The van der Waals surface area contributed by atoms with Crippen LogP contribution in [-0.4, -0.2) is 55.8 Å². The molecule has 42 heavy (non-hydrogen) atoms. The van der Waals surface area contributed by atoms with Gasteiger partial charge in [-0.25, -0.2) is 4.79 Å². The quantitative estimate of drug-likeness (QED) is 0.359. The summed E-state index contributed by atoms with van der Waals surface area (Å²) in [6.45, 7) is 15.6. The van der Waals surface area contributed by atoms with Crippen molar-refractivity contribution in [1.29, 1.82) is 0 Å². The molecular formula is C32H43ClN2O7. The van der Waals surface area contributed by atoms with Crippen LogP contribution in [0.5, 0.6) is 11.5 Å². The zero-order valence-electron chi connectivity index (χ0n) is 26.0. The van der Waals surface area contributed by atoms with Crippen LogP contribution >= 0.6 is 11.6 Å². The molecule has 1 aliphatic rings. The van der Waals surface area contributed by atoms with E-state index in [1.54, 1.807) is 70.0 Å². The summed E-state index contributed by atoms with van der Waals surface area (Å²) in [6.07, 6.45) is -2.30. The minimum absolute atomic E-state index is 0.277. The second-order valence-electron chi connectivity index (χ2n) is 12.6. The fourth-order valence-corrected chi connectivity index (χ4v) is 4.85. The predicted molar refractivity (Wildman–Crippen MR) is 162 cm³/mol. The zero-order valence-corrected chi connectivity index (χ0v) is 26.8. The minimum atomic E-state index is -1.18. The molecule has 0 saturated carbocycles. The SMILES string of the molecule is CCOc1ccc([C@@H]2O[C@@H](CC(=O)N[C@@H](C)C(=O)OC(C)(C)C)C(=O)N(CC(C)(C)C)c3ccc(Cl)cc32)c(OC)c1. The van der Waals surface area contributed by atoms with E-state index in [2.05, 4.69) is 5.32 Å². The number of rotatable bonds is 9. The molecule has 0 bridgehead atoms. The maximum Gasteiger partial charge on any atom is 0.328 e. The number of carbonyl (C=O) groups is 3. The molecule has 2 amide bonds. The summed E-state index contributed by atoms with van der Waals surface area (Å²) in [7, 11) is 1.55. The number of halogens is 1. The molecule has 2 aromatic rings. The lowest BCUT2D eigenvalue weighted by atomic mass is 9.94. The second kappa shape index (κ2) is 13.3. The molecule has 0 aromatic heterocycles. The predicted octanol–water partition coefficient (Wildman–Crippen LogP) is 5.85. The van der Waals surface area contributed by atoms with Crippen LogP contribution in [-0.2, 0) is 23.9 Å². The number of fused-ring (bicyclic) bond motifs is 1. The molecule has 10 heteroatoms. The molecule has 3 rings (SSSR count). The fraction of sp³-hybridized carbons (Fsp3) is 0.531. The highest BCUT2D eigenvalue weighted by Gasteiger charge is 2.40. The smallest absolute Gasteiger partial charge is 0.328 e. The lowest BCUT2D eigenvalue weighted by Crippen LogP contribution is -2.47. The Hall–Kier alpha value is -3.30. The van der Waals surface area contributed by atoms with E-state index in [9.17, 15) is 14.4 Å². The van der Waals surface area contributed by atoms with E-state index in [4.69, 9.17) is 30.5 Å².